The predicted molar refractivity (Wildman–Crippen MR) is 120 cm³/mol. The van der Waals surface area contributed by atoms with Gasteiger partial charge in [-0.2, -0.15) is 4.98 Å². The third-order valence-electron chi connectivity index (χ3n) is 5.80. The van der Waals surface area contributed by atoms with Gasteiger partial charge >= 0.3 is 0 Å². The summed E-state index contributed by atoms with van der Waals surface area (Å²) in [6.07, 6.45) is 4.31. The fourth-order valence-electron chi connectivity index (χ4n) is 4.15. The van der Waals surface area contributed by atoms with Gasteiger partial charge in [0.1, 0.15) is 23.1 Å². The Labute approximate surface area is 184 Å². The maximum Gasteiger partial charge on any atom is 0.274 e. The first-order valence-corrected chi connectivity index (χ1v) is 11.4. The van der Waals surface area contributed by atoms with Crippen molar-refractivity contribution < 1.29 is 19.0 Å². The summed E-state index contributed by atoms with van der Waals surface area (Å²) in [6.45, 7) is 0.845. The van der Waals surface area contributed by atoms with Crippen LogP contribution in [0.5, 0.6) is 16.7 Å². The molecule has 1 aliphatic heterocycles. The normalized spacial score (nSPS) is 20.6. The van der Waals surface area contributed by atoms with Crippen LogP contribution in [0.4, 0.5) is 5.69 Å². The summed E-state index contributed by atoms with van der Waals surface area (Å²) in [6, 6.07) is 12.3. The quantitative estimate of drug-likeness (QED) is 0.601. The van der Waals surface area contributed by atoms with Gasteiger partial charge in [0.25, 0.3) is 11.1 Å². The number of hydrogen-bond donors (Lipinski definition) is 2. The van der Waals surface area contributed by atoms with Crippen molar-refractivity contribution in [3.8, 4) is 16.7 Å². The van der Waals surface area contributed by atoms with Gasteiger partial charge < -0.3 is 24.8 Å². The molecule has 1 aromatic heterocycles. The molecular formula is C23H25N3O4S. The monoisotopic (exact) mass is 439 g/mol. The molecular weight excluding hydrogens is 414 g/mol. The number of nitrogens with one attached hydrogen (secondary N) is 2. The predicted octanol–water partition coefficient (Wildman–Crippen LogP) is 4.12. The van der Waals surface area contributed by atoms with Crippen LogP contribution in [0, 0.1) is 0 Å². The number of nitrogens with zero attached hydrogens (tertiary/aromatic N) is 1. The van der Waals surface area contributed by atoms with Crippen LogP contribution in [0.15, 0.2) is 36.4 Å². The van der Waals surface area contributed by atoms with Gasteiger partial charge in [-0.25, -0.2) is 0 Å². The van der Waals surface area contributed by atoms with E-state index in [4.69, 9.17) is 14.2 Å². The molecule has 3 aromatic rings. The number of aromatic nitrogens is 1. The minimum Gasteiger partial charge on any atom is -0.494 e. The van der Waals surface area contributed by atoms with Gasteiger partial charge in [-0.1, -0.05) is 23.5 Å². The number of ether oxygens (including phenoxy) is 3. The third kappa shape index (κ3) is 4.45. The summed E-state index contributed by atoms with van der Waals surface area (Å²) in [5.41, 5.74) is 2.75. The number of rotatable bonds is 6. The summed E-state index contributed by atoms with van der Waals surface area (Å²) >= 11 is 1.57. The molecule has 1 amide bonds. The number of para-hydroxylation sites is 1. The lowest BCUT2D eigenvalue weighted by molar-refractivity contribution is -0.118. The molecule has 1 fully saturated rings. The molecule has 1 aliphatic carbocycles. The smallest absolute Gasteiger partial charge is 0.274 e. The van der Waals surface area contributed by atoms with E-state index in [0.717, 1.165) is 65.2 Å². The van der Waals surface area contributed by atoms with E-state index < -0.39 is 0 Å². The second kappa shape index (κ2) is 8.72. The zero-order chi connectivity index (χ0) is 21.2. The third-order valence-corrected chi connectivity index (χ3v) is 6.71. The van der Waals surface area contributed by atoms with Crippen LogP contribution >= 0.6 is 11.3 Å². The molecule has 0 unspecified atom stereocenters. The number of carbonyl (C=O) groups excluding carboxylic acids is 1. The number of benzene rings is 2. The fourth-order valence-corrected chi connectivity index (χ4v) is 5.05. The van der Waals surface area contributed by atoms with Gasteiger partial charge in [0, 0.05) is 12.6 Å². The van der Waals surface area contributed by atoms with Crippen LogP contribution in [0.2, 0.25) is 0 Å². The van der Waals surface area contributed by atoms with Crippen LogP contribution < -0.4 is 24.8 Å². The van der Waals surface area contributed by atoms with E-state index in [1.807, 2.05) is 36.4 Å². The van der Waals surface area contributed by atoms with Crippen molar-refractivity contribution in [2.24, 2.45) is 0 Å². The van der Waals surface area contributed by atoms with Crippen LogP contribution in [0.25, 0.3) is 10.2 Å². The highest BCUT2D eigenvalue weighted by atomic mass is 32.1. The number of anilines is 1. The zero-order valence-electron chi connectivity index (χ0n) is 17.3. The second-order valence-electron chi connectivity index (χ2n) is 7.93. The molecule has 0 bridgehead atoms. The summed E-state index contributed by atoms with van der Waals surface area (Å²) in [7, 11) is 1.66. The number of methoxy groups -OCH3 is 1. The van der Waals surface area contributed by atoms with Crippen molar-refractivity contribution in [2.45, 2.75) is 44.4 Å². The average molecular weight is 440 g/mol. The fraction of sp³-hybridized carbons (Fsp3) is 0.391. The van der Waals surface area contributed by atoms with Gasteiger partial charge in [-0.3, -0.25) is 4.79 Å². The van der Waals surface area contributed by atoms with E-state index >= 15 is 0 Å². The molecule has 31 heavy (non-hydrogen) atoms. The Morgan fingerprint density at radius 3 is 2.94 bits per heavy atom. The summed E-state index contributed by atoms with van der Waals surface area (Å²) in [5, 5.41) is 7.22. The van der Waals surface area contributed by atoms with Crippen molar-refractivity contribution in [3.63, 3.8) is 0 Å². The van der Waals surface area contributed by atoms with Crippen molar-refractivity contribution >= 4 is 33.1 Å². The Morgan fingerprint density at radius 1 is 1.23 bits per heavy atom. The average Bonchev–Trinajstić information content (AvgIpc) is 3.21. The van der Waals surface area contributed by atoms with E-state index in [1.54, 1.807) is 18.4 Å². The molecule has 2 aromatic carbocycles. The summed E-state index contributed by atoms with van der Waals surface area (Å²) in [5.74, 6) is 1.40. The number of amides is 1. The Morgan fingerprint density at radius 2 is 2.10 bits per heavy atom. The SMILES string of the molecule is COc1cccc2sc(OC3CCC(NCc4ccc5c(c4)NC(=O)CO5)CC3)nc12. The Balaban J connectivity index is 1.13. The maximum atomic E-state index is 11.5. The summed E-state index contributed by atoms with van der Waals surface area (Å²) in [4.78, 5) is 16.1. The number of fused-ring (bicyclic) bond motifs is 2. The van der Waals surface area contributed by atoms with Gasteiger partial charge in [-0.15, -0.1) is 0 Å². The van der Waals surface area contributed by atoms with Crippen molar-refractivity contribution in [1.29, 1.82) is 0 Å². The van der Waals surface area contributed by atoms with E-state index in [2.05, 4.69) is 15.6 Å². The Hall–Kier alpha value is -2.84. The van der Waals surface area contributed by atoms with E-state index in [9.17, 15) is 4.79 Å². The molecule has 0 saturated heterocycles. The minimum atomic E-state index is -0.109. The van der Waals surface area contributed by atoms with E-state index in [0.29, 0.717) is 11.2 Å². The topological polar surface area (TPSA) is 81.7 Å². The lowest BCUT2D eigenvalue weighted by Gasteiger charge is -2.29. The Bertz CT molecular complexity index is 1090. The molecule has 8 heteroatoms. The first kappa shape index (κ1) is 20.1. The van der Waals surface area contributed by atoms with E-state index in [1.165, 1.54) is 0 Å². The Kier molecular flexibility index (Phi) is 5.65. The van der Waals surface area contributed by atoms with Gasteiger partial charge in [0.15, 0.2) is 6.61 Å². The molecule has 2 aliphatic rings. The highest BCUT2D eigenvalue weighted by Crippen LogP contribution is 2.35. The zero-order valence-corrected chi connectivity index (χ0v) is 18.2. The van der Waals surface area contributed by atoms with Gasteiger partial charge in [0.05, 0.1) is 17.5 Å². The lowest BCUT2D eigenvalue weighted by atomic mass is 9.93. The molecule has 1 saturated carbocycles. The maximum absolute atomic E-state index is 11.5. The van der Waals surface area contributed by atoms with Crippen molar-refractivity contribution in [3.05, 3.63) is 42.0 Å². The van der Waals surface area contributed by atoms with Crippen LogP contribution in [-0.4, -0.2) is 36.8 Å². The highest BCUT2D eigenvalue weighted by molar-refractivity contribution is 7.20. The first-order valence-electron chi connectivity index (χ1n) is 10.6. The highest BCUT2D eigenvalue weighted by Gasteiger charge is 2.24. The van der Waals surface area contributed by atoms with Gasteiger partial charge in [-0.05, 0) is 55.5 Å². The minimum absolute atomic E-state index is 0.0838. The first-order chi connectivity index (χ1) is 15.2. The molecule has 7 nitrogen and oxygen atoms in total. The van der Waals surface area contributed by atoms with E-state index in [-0.39, 0.29) is 18.6 Å². The molecule has 0 spiro atoms. The van der Waals surface area contributed by atoms with Crippen LogP contribution in [-0.2, 0) is 11.3 Å². The van der Waals surface area contributed by atoms with Crippen LogP contribution in [0.3, 0.4) is 0 Å². The number of thiazole rings is 1. The van der Waals surface area contributed by atoms with Crippen LogP contribution in [0.1, 0.15) is 31.2 Å². The molecule has 2 N–H and O–H groups in total. The molecule has 162 valence electrons. The molecule has 2 heterocycles. The molecule has 5 rings (SSSR count). The van der Waals surface area contributed by atoms with Gasteiger partial charge in [0.2, 0.25) is 0 Å². The standard InChI is InChI=1S/C23H25N3O4S/c1-28-19-3-2-4-20-22(19)26-23(31-20)30-16-8-6-15(7-9-16)24-12-14-5-10-18-17(11-14)25-21(27)13-29-18/h2-5,10-11,15-16,24H,6-9,12-13H2,1H3,(H,25,27). The molecule has 0 atom stereocenters. The van der Waals surface area contributed by atoms with Crippen molar-refractivity contribution in [2.75, 3.05) is 19.0 Å². The lowest BCUT2D eigenvalue weighted by Crippen LogP contribution is -2.36. The second-order valence-corrected chi connectivity index (χ2v) is 8.92. The number of carbonyl (C=O) groups is 1. The number of hydrogen-bond acceptors (Lipinski definition) is 7. The summed E-state index contributed by atoms with van der Waals surface area (Å²) < 4.78 is 18.1. The van der Waals surface area contributed by atoms with Crippen molar-refractivity contribution in [1.82, 2.24) is 10.3 Å². The molecule has 0 radical (unpaired) electrons. The largest absolute Gasteiger partial charge is 0.494 e.